The van der Waals surface area contributed by atoms with Gasteiger partial charge in [0.1, 0.15) is 11.4 Å². The molecule has 0 aliphatic carbocycles. The van der Waals surface area contributed by atoms with Gasteiger partial charge in [0.15, 0.2) is 5.78 Å². The van der Waals surface area contributed by atoms with Crippen molar-refractivity contribution in [2.75, 3.05) is 7.11 Å². The van der Waals surface area contributed by atoms with E-state index in [0.29, 0.717) is 11.3 Å². The van der Waals surface area contributed by atoms with Crippen molar-refractivity contribution in [3.63, 3.8) is 0 Å². The molecular weight excluding hydrogens is 411 g/mol. The third kappa shape index (κ3) is 5.65. The Bertz CT molecular complexity index is 949. The SMILES string of the molecule is COc1ccccc1/C=C/C(=O)[C@](NC(=O)OC(C)(C)C)(c1ccccc1)C(F)(F)F. The summed E-state index contributed by atoms with van der Waals surface area (Å²) in [5.41, 5.74) is -4.44. The summed E-state index contributed by atoms with van der Waals surface area (Å²) in [6, 6.07) is 13.0. The molecule has 2 rings (SSSR count). The van der Waals surface area contributed by atoms with Gasteiger partial charge in [-0.3, -0.25) is 10.1 Å². The largest absolute Gasteiger partial charge is 0.496 e. The number of hydrogen-bond acceptors (Lipinski definition) is 4. The van der Waals surface area contributed by atoms with Crippen LogP contribution in [-0.2, 0) is 15.1 Å². The molecule has 2 aromatic rings. The lowest BCUT2D eigenvalue weighted by Gasteiger charge is -2.35. The predicted molar refractivity (Wildman–Crippen MR) is 111 cm³/mol. The van der Waals surface area contributed by atoms with E-state index < -0.39 is 34.8 Å². The minimum atomic E-state index is -5.16. The fraction of sp³-hybridized carbons (Fsp3) is 0.304. The summed E-state index contributed by atoms with van der Waals surface area (Å²) >= 11 is 0. The van der Waals surface area contributed by atoms with Gasteiger partial charge in [0.05, 0.1) is 7.11 Å². The van der Waals surface area contributed by atoms with Gasteiger partial charge in [0.2, 0.25) is 5.54 Å². The van der Waals surface area contributed by atoms with Crippen molar-refractivity contribution in [3.8, 4) is 5.75 Å². The molecule has 0 saturated heterocycles. The predicted octanol–water partition coefficient (Wildman–Crippen LogP) is 5.26. The Kier molecular flexibility index (Phi) is 7.15. The van der Waals surface area contributed by atoms with Crippen LogP contribution in [0.4, 0.5) is 18.0 Å². The third-order valence-corrected chi connectivity index (χ3v) is 4.24. The van der Waals surface area contributed by atoms with E-state index in [1.807, 2.05) is 0 Å². The highest BCUT2D eigenvalue weighted by molar-refractivity contribution is 6.04. The number of halogens is 3. The standard InChI is InChI=1S/C23H24F3NO4/c1-21(2,3)31-20(29)27-22(23(24,25)26,17-11-6-5-7-12-17)19(28)15-14-16-10-8-9-13-18(16)30-4/h5-15H,1-4H3,(H,27,29)/b15-14+/t22-/m1/s1. The molecule has 1 N–H and O–H groups in total. The molecule has 0 aliphatic rings. The molecule has 166 valence electrons. The first-order valence-electron chi connectivity index (χ1n) is 9.39. The number of nitrogens with one attached hydrogen (secondary N) is 1. The summed E-state index contributed by atoms with van der Waals surface area (Å²) in [4.78, 5) is 25.4. The Morgan fingerprint density at radius 1 is 0.935 bits per heavy atom. The summed E-state index contributed by atoms with van der Waals surface area (Å²) in [6.07, 6.45) is -4.54. The second-order valence-electron chi connectivity index (χ2n) is 7.68. The van der Waals surface area contributed by atoms with Gasteiger partial charge in [-0.15, -0.1) is 0 Å². The van der Waals surface area contributed by atoms with E-state index in [1.54, 1.807) is 29.6 Å². The Morgan fingerprint density at radius 2 is 1.52 bits per heavy atom. The van der Waals surface area contributed by atoms with E-state index in [2.05, 4.69) is 0 Å². The lowest BCUT2D eigenvalue weighted by molar-refractivity contribution is -0.198. The van der Waals surface area contributed by atoms with Crippen LogP contribution < -0.4 is 10.1 Å². The van der Waals surface area contributed by atoms with Gasteiger partial charge >= 0.3 is 12.3 Å². The number of amides is 1. The molecule has 1 atom stereocenters. The molecule has 0 spiro atoms. The van der Waals surface area contributed by atoms with Gasteiger partial charge in [-0.25, -0.2) is 4.79 Å². The van der Waals surface area contributed by atoms with Crippen molar-refractivity contribution in [2.24, 2.45) is 0 Å². The maximum Gasteiger partial charge on any atom is 0.423 e. The maximum atomic E-state index is 14.4. The van der Waals surface area contributed by atoms with Crippen molar-refractivity contribution in [1.29, 1.82) is 0 Å². The van der Waals surface area contributed by atoms with E-state index in [0.717, 1.165) is 18.2 Å². The minimum absolute atomic E-state index is 0.379. The first-order chi connectivity index (χ1) is 14.4. The lowest BCUT2D eigenvalue weighted by atomic mass is 9.84. The van der Waals surface area contributed by atoms with Crippen molar-refractivity contribution in [1.82, 2.24) is 5.32 Å². The van der Waals surface area contributed by atoms with Crippen molar-refractivity contribution >= 4 is 18.0 Å². The van der Waals surface area contributed by atoms with E-state index in [1.165, 1.54) is 52.2 Å². The summed E-state index contributed by atoms with van der Waals surface area (Å²) in [6.45, 7) is 4.52. The van der Waals surface area contributed by atoms with Crippen LogP contribution in [0.2, 0.25) is 0 Å². The topological polar surface area (TPSA) is 64.6 Å². The molecule has 0 unspecified atom stereocenters. The van der Waals surface area contributed by atoms with E-state index >= 15 is 0 Å². The van der Waals surface area contributed by atoms with E-state index in [4.69, 9.17) is 9.47 Å². The fourth-order valence-electron chi connectivity index (χ4n) is 2.89. The maximum absolute atomic E-state index is 14.4. The molecule has 0 aliphatic heterocycles. The smallest absolute Gasteiger partial charge is 0.423 e. The van der Waals surface area contributed by atoms with Crippen molar-refractivity contribution in [3.05, 3.63) is 71.8 Å². The lowest BCUT2D eigenvalue weighted by Crippen LogP contribution is -2.61. The van der Waals surface area contributed by atoms with Gasteiger partial charge in [0, 0.05) is 5.56 Å². The monoisotopic (exact) mass is 435 g/mol. The molecule has 1 amide bonds. The average molecular weight is 435 g/mol. The van der Waals surface area contributed by atoms with Gasteiger partial charge < -0.3 is 9.47 Å². The quantitative estimate of drug-likeness (QED) is 0.629. The summed E-state index contributed by atoms with van der Waals surface area (Å²) in [5, 5.41) is 1.79. The zero-order valence-corrected chi connectivity index (χ0v) is 17.6. The Morgan fingerprint density at radius 3 is 2.06 bits per heavy atom. The molecule has 0 radical (unpaired) electrons. The van der Waals surface area contributed by atoms with Crippen LogP contribution in [-0.4, -0.2) is 30.8 Å². The number of para-hydroxylation sites is 1. The van der Waals surface area contributed by atoms with Gasteiger partial charge in [-0.2, -0.15) is 13.2 Å². The second kappa shape index (κ2) is 9.24. The number of methoxy groups -OCH3 is 1. The molecule has 2 aromatic carbocycles. The molecule has 0 saturated carbocycles. The van der Waals surface area contributed by atoms with Crippen LogP contribution in [0, 0.1) is 0 Å². The van der Waals surface area contributed by atoms with Crippen LogP contribution in [0.5, 0.6) is 5.75 Å². The second-order valence-corrected chi connectivity index (χ2v) is 7.68. The summed E-state index contributed by atoms with van der Waals surface area (Å²) in [5.74, 6) is -1.01. The molecular formula is C23H24F3NO4. The molecule has 0 bridgehead atoms. The fourth-order valence-corrected chi connectivity index (χ4v) is 2.89. The number of ketones is 1. The molecule has 0 aromatic heterocycles. The van der Waals surface area contributed by atoms with Crippen LogP contribution in [0.3, 0.4) is 0 Å². The Labute approximate surface area is 178 Å². The number of hydrogen-bond donors (Lipinski definition) is 1. The van der Waals surface area contributed by atoms with Crippen LogP contribution >= 0.6 is 0 Å². The zero-order chi connectivity index (χ0) is 23.3. The number of carbonyl (C=O) groups is 2. The van der Waals surface area contributed by atoms with Crippen molar-refractivity contribution < 1.29 is 32.2 Å². The summed E-state index contributed by atoms with van der Waals surface area (Å²) in [7, 11) is 1.41. The average Bonchev–Trinajstić information content (AvgIpc) is 2.68. The molecule has 31 heavy (non-hydrogen) atoms. The number of carbonyl (C=O) groups excluding carboxylic acids is 2. The Balaban J connectivity index is 2.58. The van der Waals surface area contributed by atoms with Gasteiger partial charge in [-0.1, -0.05) is 48.5 Å². The van der Waals surface area contributed by atoms with Crippen LogP contribution in [0.25, 0.3) is 6.08 Å². The number of alkyl halides is 3. The van der Waals surface area contributed by atoms with Crippen LogP contribution in [0.1, 0.15) is 31.9 Å². The number of rotatable bonds is 6. The zero-order valence-electron chi connectivity index (χ0n) is 17.6. The molecule has 0 fully saturated rings. The third-order valence-electron chi connectivity index (χ3n) is 4.24. The van der Waals surface area contributed by atoms with E-state index in [-0.39, 0.29) is 0 Å². The molecule has 5 nitrogen and oxygen atoms in total. The highest BCUT2D eigenvalue weighted by Crippen LogP contribution is 2.41. The minimum Gasteiger partial charge on any atom is -0.496 e. The van der Waals surface area contributed by atoms with Crippen molar-refractivity contribution in [2.45, 2.75) is 38.1 Å². The van der Waals surface area contributed by atoms with Crippen LogP contribution in [0.15, 0.2) is 60.7 Å². The molecule has 0 heterocycles. The highest BCUT2D eigenvalue weighted by atomic mass is 19.4. The van der Waals surface area contributed by atoms with E-state index in [9.17, 15) is 22.8 Å². The number of alkyl carbamates (subject to hydrolysis) is 1. The highest BCUT2D eigenvalue weighted by Gasteiger charge is 2.62. The van der Waals surface area contributed by atoms with Gasteiger partial charge in [-0.05, 0) is 44.6 Å². The van der Waals surface area contributed by atoms with Gasteiger partial charge in [0.25, 0.3) is 0 Å². The Hall–Kier alpha value is -3.29. The number of benzene rings is 2. The first-order valence-corrected chi connectivity index (χ1v) is 9.39. The summed E-state index contributed by atoms with van der Waals surface area (Å²) < 4.78 is 53.5. The first kappa shape index (κ1) is 24.0. The molecule has 8 heteroatoms. The normalized spacial score (nSPS) is 14.0. The number of ether oxygens (including phenoxy) is 2.